The molecule has 0 radical (unpaired) electrons. The van der Waals surface area contributed by atoms with E-state index in [9.17, 15) is 9.90 Å². The van der Waals surface area contributed by atoms with Gasteiger partial charge in [-0.1, -0.05) is 39.0 Å². The Labute approximate surface area is 122 Å². The fourth-order valence-corrected chi connectivity index (χ4v) is 2.82. The van der Waals surface area contributed by atoms with Crippen LogP contribution in [0.1, 0.15) is 59.3 Å². The van der Waals surface area contributed by atoms with Gasteiger partial charge in [-0.25, -0.2) is 0 Å². The molecule has 0 aromatic heterocycles. The normalized spacial score (nSPS) is 22.1. The zero-order chi connectivity index (χ0) is 15.0. The molecule has 1 fully saturated rings. The quantitative estimate of drug-likeness (QED) is 0.658. The lowest BCUT2D eigenvalue weighted by atomic mass is 10.1. The number of hydroxylamine groups is 2. The molecule has 1 rings (SSSR count). The van der Waals surface area contributed by atoms with Gasteiger partial charge in [0.25, 0.3) is 0 Å². The molecule has 0 aromatic carbocycles. The summed E-state index contributed by atoms with van der Waals surface area (Å²) in [7, 11) is 0. The number of rotatable bonds is 9. The smallest absolute Gasteiger partial charge is 0.322 e. The first kappa shape index (κ1) is 17.4. The predicted molar refractivity (Wildman–Crippen MR) is 78.9 cm³/mol. The summed E-state index contributed by atoms with van der Waals surface area (Å²) < 4.78 is 0. The number of carbonyl (C=O) groups excluding carboxylic acids is 1. The molecule has 0 amide bonds. The van der Waals surface area contributed by atoms with Crippen molar-refractivity contribution in [3.8, 4) is 0 Å². The number of nitrogens with zero attached hydrogens (tertiary/aromatic N) is 2. The molecule has 1 saturated heterocycles. The molecule has 118 valence electrons. The van der Waals surface area contributed by atoms with Crippen LogP contribution in [-0.2, 0) is 9.63 Å². The maximum Gasteiger partial charge on any atom is 0.322 e. The molecule has 1 heterocycles. The summed E-state index contributed by atoms with van der Waals surface area (Å²) in [6.07, 6.45) is 6.84. The molecule has 20 heavy (non-hydrogen) atoms. The number of carbonyl (C=O) groups is 1. The second-order valence-electron chi connectivity index (χ2n) is 5.68. The van der Waals surface area contributed by atoms with Gasteiger partial charge in [0.2, 0.25) is 0 Å². The lowest BCUT2D eigenvalue weighted by Crippen LogP contribution is -2.47. The Balaban J connectivity index is 2.31. The topological polar surface area (TPSA) is 53.0 Å². The molecule has 0 spiro atoms. The zero-order valence-corrected chi connectivity index (χ0v) is 13.2. The standard InChI is InChI=1S/C15H30N2O3/c1-4-5-6-7-8-9-10-16-11-12-17(20-14(3)19)15(16)13(2)18/h13,15,18H,4-12H2,1-3H3. The highest BCUT2D eigenvalue weighted by molar-refractivity contribution is 5.65. The summed E-state index contributed by atoms with van der Waals surface area (Å²) in [5.74, 6) is -0.322. The van der Waals surface area contributed by atoms with Crippen LogP contribution in [0.25, 0.3) is 0 Å². The van der Waals surface area contributed by atoms with Crippen LogP contribution < -0.4 is 0 Å². The number of aliphatic hydroxyl groups excluding tert-OH is 1. The number of hydrogen-bond acceptors (Lipinski definition) is 5. The second kappa shape index (κ2) is 9.32. The van der Waals surface area contributed by atoms with Crippen molar-refractivity contribution in [3.05, 3.63) is 0 Å². The van der Waals surface area contributed by atoms with Gasteiger partial charge < -0.3 is 9.94 Å². The van der Waals surface area contributed by atoms with Crippen molar-refractivity contribution in [1.29, 1.82) is 0 Å². The number of hydrogen-bond donors (Lipinski definition) is 1. The highest BCUT2D eigenvalue weighted by atomic mass is 16.7. The van der Waals surface area contributed by atoms with Crippen molar-refractivity contribution in [1.82, 2.24) is 9.96 Å². The Morgan fingerprint density at radius 3 is 2.50 bits per heavy atom. The minimum absolute atomic E-state index is 0.199. The van der Waals surface area contributed by atoms with E-state index in [2.05, 4.69) is 11.8 Å². The molecule has 2 atom stereocenters. The van der Waals surface area contributed by atoms with Crippen LogP contribution in [0.5, 0.6) is 0 Å². The van der Waals surface area contributed by atoms with Gasteiger partial charge in [-0.05, 0) is 19.9 Å². The van der Waals surface area contributed by atoms with Crippen molar-refractivity contribution in [2.75, 3.05) is 19.6 Å². The molecule has 1 N–H and O–H groups in total. The monoisotopic (exact) mass is 286 g/mol. The van der Waals surface area contributed by atoms with Gasteiger partial charge in [-0.15, -0.1) is 5.06 Å². The van der Waals surface area contributed by atoms with Crippen LogP contribution in [0.4, 0.5) is 0 Å². The van der Waals surface area contributed by atoms with Crippen LogP contribution in [0, 0.1) is 0 Å². The first-order chi connectivity index (χ1) is 9.56. The molecule has 0 aromatic rings. The van der Waals surface area contributed by atoms with Gasteiger partial charge in [-0.3, -0.25) is 9.69 Å². The van der Waals surface area contributed by atoms with E-state index in [-0.39, 0.29) is 12.1 Å². The van der Waals surface area contributed by atoms with E-state index in [1.54, 1.807) is 12.0 Å². The first-order valence-electron chi connectivity index (χ1n) is 7.93. The molecule has 0 aliphatic carbocycles. The zero-order valence-electron chi connectivity index (χ0n) is 13.2. The Hall–Kier alpha value is -0.650. The van der Waals surface area contributed by atoms with Gasteiger partial charge in [-0.2, -0.15) is 0 Å². The highest BCUT2D eigenvalue weighted by Crippen LogP contribution is 2.19. The molecule has 5 heteroatoms. The molecule has 1 aliphatic rings. The fraction of sp³-hybridized carbons (Fsp3) is 0.933. The maximum absolute atomic E-state index is 11.1. The molecule has 5 nitrogen and oxygen atoms in total. The Morgan fingerprint density at radius 1 is 1.25 bits per heavy atom. The van der Waals surface area contributed by atoms with Gasteiger partial charge in [0, 0.05) is 20.0 Å². The van der Waals surface area contributed by atoms with Crippen molar-refractivity contribution in [3.63, 3.8) is 0 Å². The van der Waals surface area contributed by atoms with Gasteiger partial charge >= 0.3 is 5.97 Å². The minimum atomic E-state index is -0.531. The van der Waals surface area contributed by atoms with E-state index in [0.717, 1.165) is 19.5 Å². The third-order valence-corrected chi connectivity index (χ3v) is 3.75. The lowest BCUT2D eigenvalue weighted by molar-refractivity contribution is -0.208. The van der Waals surface area contributed by atoms with Crippen molar-refractivity contribution >= 4 is 5.97 Å². The highest BCUT2D eigenvalue weighted by Gasteiger charge is 2.37. The number of aliphatic hydroxyl groups is 1. The van der Waals surface area contributed by atoms with Gasteiger partial charge in [0.05, 0.1) is 6.10 Å². The Kier molecular flexibility index (Phi) is 8.11. The van der Waals surface area contributed by atoms with Crippen LogP contribution in [0.15, 0.2) is 0 Å². The summed E-state index contributed by atoms with van der Waals surface area (Å²) in [6, 6.07) is 0. The predicted octanol–water partition coefficient (Wildman–Crippen LogP) is 2.15. The lowest BCUT2D eigenvalue weighted by Gasteiger charge is -2.30. The third kappa shape index (κ3) is 5.77. The van der Waals surface area contributed by atoms with E-state index < -0.39 is 6.10 Å². The van der Waals surface area contributed by atoms with Gasteiger partial charge in [0.1, 0.15) is 6.17 Å². The summed E-state index contributed by atoms with van der Waals surface area (Å²) in [6.45, 7) is 7.85. The Morgan fingerprint density at radius 2 is 1.90 bits per heavy atom. The van der Waals surface area contributed by atoms with Gasteiger partial charge in [0.15, 0.2) is 0 Å². The summed E-state index contributed by atoms with van der Waals surface area (Å²) in [5.41, 5.74) is 0. The van der Waals surface area contributed by atoms with E-state index in [0.29, 0.717) is 6.54 Å². The molecule has 0 saturated carbocycles. The largest absolute Gasteiger partial charge is 0.390 e. The summed E-state index contributed by atoms with van der Waals surface area (Å²) in [5, 5.41) is 11.5. The molecule has 2 unspecified atom stereocenters. The van der Waals surface area contributed by atoms with E-state index in [1.807, 2.05) is 0 Å². The first-order valence-corrected chi connectivity index (χ1v) is 7.93. The number of unbranched alkanes of at least 4 members (excludes halogenated alkanes) is 5. The molecular weight excluding hydrogens is 256 g/mol. The van der Waals surface area contributed by atoms with Crippen LogP contribution in [0.2, 0.25) is 0 Å². The van der Waals surface area contributed by atoms with Crippen molar-refractivity contribution < 1.29 is 14.7 Å². The van der Waals surface area contributed by atoms with E-state index in [1.165, 1.54) is 39.0 Å². The van der Waals surface area contributed by atoms with Crippen molar-refractivity contribution in [2.45, 2.75) is 71.6 Å². The summed E-state index contributed by atoms with van der Waals surface area (Å²) in [4.78, 5) is 18.5. The van der Waals surface area contributed by atoms with E-state index in [4.69, 9.17) is 4.84 Å². The van der Waals surface area contributed by atoms with Crippen LogP contribution >= 0.6 is 0 Å². The fourth-order valence-electron chi connectivity index (χ4n) is 2.82. The third-order valence-electron chi connectivity index (χ3n) is 3.75. The Bertz CT molecular complexity index is 284. The molecule has 1 aliphatic heterocycles. The van der Waals surface area contributed by atoms with Crippen LogP contribution in [0.3, 0.4) is 0 Å². The molecule has 0 bridgehead atoms. The molecular formula is C15H30N2O3. The summed E-state index contributed by atoms with van der Waals surface area (Å²) >= 11 is 0. The van der Waals surface area contributed by atoms with Crippen molar-refractivity contribution in [2.24, 2.45) is 0 Å². The van der Waals surface area contributed by atoms with Crippen LogP contribution in [-0.4, -0.2) is 52.9 Å². The minimum Gasteiger partial charge on any atom is -0.390 e. The second-order valence-corrected chi connectivity index (χ2v) is 5.68. The average molecular weight is 286 g/mol. The average Bonchev–Trinajstić information content (AvgIpc) is 2.75. The van der Waals surface area contributed by atoms with E-state index >= 15 is 0 Å². The maximum atomic E-state index is 11.1. The SMILES string of the molecule is CCCCCCCCN1CCN(OC(C)=O)C1C(C)O.